The molecule has 2 heterocycles. The van der Waals surface area contributed by atoms with Gasteiger partial charge in [0.05, 0.1) is 6.10 Å². The molecule has 2 rings (SSSR count). The molecule has 0 aliphatic carbocycles. The second-order valence-corrected chi connectivity index (χ2v) is 5.06. The number of nitrogens with zero attached hydrogens (tertiary/aromatic N) is 4. The monoisotopic (exact) mass is 294 g/mol. The third-order valence-electron chi connectivity index (χ3n) is 3.67. The van der Waals surface area contributed by atoms with Crippen LogP contribution in [0, 0.1) is 0 Å². The van der Waals surface area contributed by atoms with Crippen molar-refractivity contribution in [2.24, 2.45) is 0 Å². The number of ether oxygens (including phenoxy) is 1. The molecule has 1 aliphatic rings. The number of aromatic nitrogens is 3. The van der Waals surface area contributed by atoms with Crippen molar-refractivity contribution in [2.45, 2.75) is 39.2 Å². The molecule has 118 valence electrons. The first kappa shape index (κ1) is 15.8. The Hall–Kier alpha value is -1.63. The summed E-state index contributed by atoms with van der Waals surface area (Å²) in [4.78, 5) is 15.4. The minimum absolute atomic E-state index is 0.380. The van der Waals surface area contributed by atoms with Crippen molar-refractivity contribution in [1.82, 2.24) is 15.0 Å². The van der Waals surface area contributed by atoms with Crippen LogP contribution in [0.4, 0.5) is 17.8 Å². The molecule has 1 unspecified atom stereocenters. The van der Waals surface area contributed by atoms with E-state index >= 15 is 0 Å². The van der Waals surface area contributed by atoms with Crippen LogP contribution in [0.15, 0.2) is 0 Å². The van der Waals surface area contributed by atoms with Crippen LogP contribution in [0.25, 0.3) is 0 Å². The van der Waals surface area contributed by atoms with Gasteiger partial charge in [-0.05, 0) is 33.1 Å². The summed E-state index contributed by atoms with van der Waals surface area (Å²) < 4.78 is 5.62. The van der Waals surface area contributed by atoms with Gasteiger partial charge in [-0.1, -0.05) is 0 Å². The zero-order valence-corrected chi connectivity index (χ0v) is 13.2. The fourth-order valence-corrected chi connectivity index (χ4v) is 2.42. The Balaban J connectivity index is 1.98. The average Bonchev–Trinajstić information content (AvgIpc) is 3.01. The molecule has 7 nitrogen and oxygen atoms in total. The predicted octanol–water partition coefficient (Wildman–Crippen LogP) is 1.74. The number of rotatable bonds is 8. The Morgan fingerprint density at radius 2 is 1.95 bits per heavy atom. The third-order valence-corrected chi connectivity index (χ3v) is 3.67. The second kappa shape index (κ2) is 7.97. The van der Waals surface area contributed by atoms with Gasteiger partial charge in [-0.15, -0.1) is 0 Å². The average molecular weight is 294 g/mol. The Morgan fingerprint density at radius 1 is 1.19 bits per heavy atom. The van der Waals surface area contributed by atoms with Crippen molar-refractivity contribution >= 4 is 17.8 Å². The Morgan fingerprint density at radius 3 is 2.57 bits per heavy atom. The van der Waals surface area contributed by atoms with Gasteiger partial charge in [-0.25, -0.2) is 0 Å². The minimum Gasteiger partial charge on any atom is -0.378 e. The van der Waals surface area contributed by atoms with Crippen LogP contribution in [-0.2, 0) is 4.74 Å². The Kier molecular flexibility index (Phi) is 5.98. The van der Waals surface area contributed by atoms with Gasteiger partial charge in [0.2, 0.25) is 17.8 Å². The van der Waals surface area contributed by atoms with Gasteiger partial charge < -0.3 is 20.3 Å². The molecule has 0 bridgehead atoms. The summed E-state index contributed by atoms with van der Waals surface area (Å²) in [6.45, 7) is 7.65. The van der Waals surface area contributed by atoms with E-state index in [0.29, 0.717) is 23.9 Å². The maximum absolute atomic E-state index is 5.62. The second-order valence-electron chi connectivity index (χ2n) is 5.06. The molecule has 21 heavy (non-hydrogen) atoms. The maximum atomic E-state index is 5.62. The molecule has 2 N–H and O–H groups in total. The SMILES string of the molecule is CCN(CC)c1nc(NC)nc(NCCC2CCCO2)n1. The molecular weight excluding hydrogens is 268 g/mol. The molecule has 1 aliphatic heterocycles. The fourth-order valence-electron chi connectivity index (χ4n) is 2.42. The normalized spacial score (nSPS) is 17.8. The number of hydrogen-bond donors (Lipinski definition) is 2. The van der Waals surface area contributed by atoms with E-state index in [0.717, 1.165) is 39.1 Å². The Labute approximate surface area is 126 Å². The first-order valence-corrected chi connectivity index (χ1v) is 7.81. The highest BCUT2D eigenvalue weighted by atomic mass is 16.5. The van der Waals surface area contributed by atoms with E-state index in [1.165, 1.54) is 6.42 Å². The smallest absolute Gasteiger partial charge is 0.231 e. The van der Waals surface area contributed by atoms with E-state index in [4.69, 9.17) is 4.74 Å². The van der Waals surface area contributed by atoms with Gasteiger partial charge in [-0.2, -0.15) is 15.0 Å². The molecule has 0 radical (unpaired) electrons. The lowest BCUT2D eigenvalue weighted by molar-refractivity contribution is 0.107. The lowest BCUT2D eigenvalue weighted by Crippen LogP contribution is -2.25. The summed E-state index contributed by atoms with van der Waals surface area (Å²) >= 11 is 0. The molecule has 1 atom stereocenters. The molecule has 1 fully saturated rings. The minimum atomic E-state index is 0.380. The van der Waals surface area contributed by atoms with Crippen LogP contribution < -0.4 is 15.5 Å². The first-order valence-electron chi connectivity index (χ1n) is 7.81. The standard InChI is InChI=1S/C14H26N6O/c1-4-20(5-2)14-18-12(15-3)17-13(19-14)16-9-8-11-7-6-10-21-11/h11H,4-10H2,1-3H3,(H2,15,16,17,18,19). The van der Waals surface area contributed by atoms with E-state index in [-0.39, 0.29) is 0 Å². The molecule has 1 aromatic rings. The number of nitrogens with one attached hydrogen (secondary N) is 2. The molecule has 1 saturated heterocycles. The lowest BCUT2D eigenvalue weighted by Gasteiger charge is -2.19. The zero-order chi connectivity index (χ0) is 15.1. The highest BCUT2D eigenvalue weighted by molar-refractivity contribution is 5.43. The van der Waals surface area contributed by atoms with Crippen LogP contribution in [-0.4, -0.2) is 54.3 Å². The molecule has 1 aromatic heterocycles. The Bertz CT molecular complexity index is 431. The highest BCUT2D eigenvalue weighted by Gasteiger charge is 2.15. The predicted molar refractivity (Wildman–Crippen MR) is 85.0 cm³/mol. The van der Waals surface area contributed by atoms with Gasteiger partial charge in [0.15, 0.2) is 0 Å². The van der Waals surface area contributed by atoms with Crippen molar-refractivity contribution in [3.63, 3.8) is 0 Å². The van der Waals surface area contributed by atoms with Crippen molar-refractivity contribution in [2.75, 3.05) is 48.8 Å². The van der Waals surface area contributed by atoms with Crippen LogP contribution >= 0.6 is 0 Å². The molecule has 0 amide bonds. The van der Waals surface area contributed by atoms with Gasteiger partial charge in [0, 0.05) is 33.3 Å². The third kappa shape index (κ3) is 4.42. The summed E-state index contributed by atoms with van der Waals surface area (Å²) in [6, 6.07) is 0. The van der Waals surface area contributed by atoms with Crippen molar-refractivity contribution in [3.05, 3.63) is 0 Å². The van der Waals surface area contributed by atoms with Crippen LogP contribution in [0.2, 0.25) is 0 Å². The quantitative estimate of drug-likeness (QED) is 0.756. The van der Waals surface area contributed by atoms with E-state index in [2.05, 4.69) is 44.3 Å². The van der Waals surface area contributed by atoms with Gasteiger partial charge in [-0.3, -0.25) is 0 Å². The van der Waals surface area contributed by atoms with Gasteiger partial charge >= 0.3 is 0 Å². The highest BCUT2D eigenvalue weighted by Crippen LogP contribution is 2.16. The zero-order valence-electron chi connectivity index (χ0n) is 13.2. The number of anilines is 3. The summed E-state index contributed by atoms with van der Waals surface area (Å²) in [5, 5.41) is 6.27. The van der Waals surface area contributed by atoms with Crippen LogP contribution in [0.1, 0.15) is 33.1 Å². The van der Waals surface area contributed by atoms with Crippen molar-refractivity contribution in [3.8, 4) is 0 Å². The van der Waals surface area contributed by atoms with E-state index in [1.54, 1.807) is 0 Å². The summed E-state index contributed by atoms with van der Waals surface area (Å²) in [5.74, 6) is 1.92. The first-order chi connectivity index (χ1) is 10.3. The summed E-state index contributed by atoms with van der Waals surface area (Å²) in [5.41, 5.74) is 0. The molecule has 0 saturated carbocycles. The lowest BCUT2D eigenvalue weighted by atomic mass is 10.2. The molecule has 0 spiro atoms. The van der Waals surface area contributed by atoms with E-state index in [1.807, 2.05) is 7.05 Å². The van der Waals surface area contributed by atoms with Gasteiger partial charge in [0.1, 0.15) is 0 Å². The van der Waals surface area contributed by atoms with E-state index < -0.39 is 0 Å². The fraction of sp³-hybridized carbons (Fsp3) is 0.786. The molecule has 0 aromatic carbocycles. The van der Waals surface area contributed by atoms with E-state index in [9.17, 15) is 0 Å². The maximum Gasteiger partial charge on any atom is 0.231 e. The van der Waals surface area contributed by atoms with Crippen molar-refractivity contribution < 1.29 is 4.74 Å². The van der Waals surface area contributed by atoms with Gasteiger partial charge in [0.25, 0.3) is 0 Å². The largest absolute Gasteiger partial charge is 0.378 e. The van der Waals surface area contributed by atoms with Crippen LogP contribution in [0.5, 0.6) is 0 Å². The number of hydrogen-bond acceptors (Lipinski definition) is 7. The molecule has 7 heteroatoms. The summed E-state index contributed by atoms with van der Waals surface area (Å²) in [6.07, 6.45) is 3.70. The van der Waals surface area contributed by atoms with Crippen LogP contribution in [0.3, 0.4) is 0 Å². The molecular formula is C14H26N6O. The van der Waals surface area contributed by atoms with Crippen molar-refractivity contribution in [1.29, 1.82) is 0 Å². The topological polar surface area (TPSA) is 75.2 Å². The summed E-state index contributed by atoms with van der Waals surface area (Å²) in [7, 11) is 1.82.